The molecule has 0 aliphatic heterocycles. The Morgan fingerprint density at radius 1 is 0.820 bits per heavy atom. The summed E-state index contributed by atoms with van der Waals surface area (Å²) in [6.45, 7) is 13.1. The third-order valence-corrected chi connectivity index (χ3v) is 7.72. The maximum Gasteiger partial charge on any atom is 0.407 e. The van der Waals surface area contributed by atoms with Crippen LogP contribution in [0.5, 0.6) is 0 Å². The molecule has 4 aromatic rings. The quantitative estimate of drug-likeness (QED) is 0.0861. The summed E-state index contributed by atoms with van der Waals surface area (Å²) in [7, 11) is 0. The van der Waals surface area contributed by atoms with Gasteiger partial charge in [0.15, 0.2) is 12.4 Å². The van der Waals surface area contributed by atoms with Crippen molar-refractivity contribution in [3.8, 4) is 11.1 Å². The molecule has 1 heterocycles. The van der Waals surface area contributed by atoms with E-state index in [0.29, 0.717) is 34.4 Å². The highest BCUT2D eigenvalue weighted by Crippen LogP contribution is 2.34. The van der Waals surface area contributed by atoms with Gasteiger partial charge in [0.05, 0.1) is 17.7 Å². The van der Waals surface area contributed by atoms with E-state index in [1.165, 1.54) is 0 Å². The molecule has 1 amide bonds. The van der Waals surface area contributed by atoms with E-state index in [2.05, 4.69) is 19.2 Å². The van der Waals surface area contributed by atoms with Crippen LogP contribution in [0, 0.1) is 19.8 Å². The van der Waals surface area contributed by atoms with E-state index in [-0.39, 0.29) is 37.9 Å². The number of esters is 2. The van der Waals surface area contributed by atoms with Crippen LogP contribution in [0.15, 0.2) is 78.9 Å². The molecule has 0 bridgehead atoms. The number of hydrogen-bond donors (Lipinski definition) is 1. The van der Waals surface area contributed by atoms with Gasteiger partial charge < -0.3 is 19.5 Å². The second-order valence-corrected chi connectivity index (χ2v) is 13.7. The van der Waals surface area contributed by atoms with Crippen molar-refractivity contribution in [1.29, 1.82) is 0 Å². The van der Waals surface area contributed by atoms with Crippen LogP contribution in [0.3, 0.4) is 0 Å². The minimum absolute atomic E-state index is 0.00422. The number of aromatic nitrogens is 1. The summed E-state index contributed by atoms with van der Waals surface area (Å²) in [4.78, 5) is 56.1. The molecule has 3 aromatic carbocycles. The molecule has 4 rings (SSSR count). The van der Waals surface area contributed by atoms with E-state index in [4.69, 9.17) is 19.2 Å². The predicted octanol–water partition coefficient (Wildman–Crippen LogP) is 7.91. The van der Waals surface area contributed by atoms with Crippen LogP contribution in [0.2, 0.25) is 0 Å². The van der Waals surface area contributed by atoms with Gasteiger partial charge in [-0.2, -0.15) is 0 Å². The molecule has 0 aliphatic carbocycles. The lowest BCUT2D eigenvalue weighted by Gasteiger charge is -2.23. The van der Waals surface area contributed by atoms with E-state index in [1.54, 1.807) is 76.2 Å². The van der Waals surface area contributed by atoms with Crippen LogP contribution in [0.25, 0.3) is 11.1 Å². The van der Waals surface area contributed by atoms with Crippen molar-refractivity contribution in [2.75, 3.05) is 6.61 Å². The van der Waals surface area contributed by atoms with E-state index in [0.717, 1.165) is 27.9 Å². The highest BCUT2D eigenvalue weighted by atomic mass is 16.6. The van der Waals surface area contributed by atoms with E-state index < -0.39 is 23.6 Å². The third kappa shape index (κ3) is 10.9. The Bertz CT molecular complexity index is 1810. The first-order valence-electron chi connectivity index (χ1n) is 16.7. The lowest BCUT2D eigenvalue weighted by atomic mass is 9.89. The normalized spacial score (nSPS) is 11.2. The van der Waals surface area contributed by atoms with Gasteiger partial charge in [0, 0.05) is 28.9 Å². The molecule has 9 heteroatoms. The molecular formula is C41H46N2O7. The molecule has 0 aliphatic rings. The highest BCUT2D eigenvalue weighted by Gasteiger charge is 2.26. The van der Waals surface area contributed by atoms with Crippen molar-refractivity contribution < 1.29 is 33.4 Å². The third-order valence-electron chi connectivity index (χ3n) is 7.72. The number of amides is 1. The molecule has 262 valence electrons. The summed E-state index contributed by atoms with van der Waals surface area (Å²) >= 11 is 0. The number of alkyl carbamates (subject to hydrolysis) is 1. The van der Waals surface area contributed by atoms with E-state index in [9.17, 15) is 19.2 Å². The Labute approximate surface area is 294 Å². The standard InChI is InChI=1S/C41H46N2O7/c1-26(2)21-34-33(23-42-40(47)50-41(5,6)7)38(32-19-13-27(3)14-20-32)37(28(4)43-34)39(46)49-24-30-17-15-29(16-18-30)22-36(45)48-25-35(44)31-11-9-8-10-12-31/h8-20,26H,21-25H2,1-7H3,(H,42,47). The highest BCUT2D eigenvalue weighted by molar-refractivity contribution is 6.00. The van der Waals surface area contributed by atoms with Gasteiger partial charge in [-0.25, -0.2) is 9.59 Å². The van der Waals surface area contributed by atoms with Crippen molar-refractivity contribution in [2.45, 2.75) is 80.1 Å². The molecule has 1 aromatic heterocycles. The first kappa shape index (κ1) is 37.5. The van der Waals surface area contributed by atoms with Crippen molar-refractivity contribution in [3.63, 3.8) is 0 Å². The Kier molecular flexibility index (Phi) is 12.7. The van der Waals surface area contributed by atoms with Crippen molar-refractivity contribution in [3.05, 3.63) is 124 Å². The van der Waals surface area contributed by atoms with Gasteiger partial charge in [-0.15, -0.1) is 0 Å². The number of nitrogens with zero attached hydrogens (tertiary/aromatic N) is 1. The molecule has 9 nitrogen and oxygen atoms in total. The van der Waals surface area contributed by atoms with Gasteiger partial charge in [0.2, 0.25) is 0 Å². The number of hydrogen-bond acceptors (Lipinski definition) is 8. The average Bonchev–Trinajstić information content (AvgIpc) is 3.05. The first-order valence-corrected chi connectivity index (χ1v) is 16.7. The number of ketones is 1. The minimum atomic E-state index is -0.671. The van der Waals surface area contributed by atoms with Crippen LogP contribution in [-0.4, -0.2) is 41.0 Å². The van der Waals surface area contributed by atoms with Crippen LogP contribution < -0.4 is 5.32 Å². The summed E-state index contributed by atoms with van der Waals surface area (Å²) in [5.74, 6) is -1.06. The number of Topliss-reactive ketones (excluding diaryl/α,β-unsaturated/α-hetero) is 1. The fourth-order valence-corrected chi connectivity index (χ4v) is 5.36. The number of ether oxygens (including phenoxy) is 3. The number of carbonyl (C=O) groups excluding carboxylic acids is 4. The minimum Gasteiger partial charge on any atom is -0.457 e. The number of carbonyl (C=O) groups is 4. The second kappa shape index (κ2) is 16.9. The molecule has 0 fully saturated rings. The average molecular weight is 679 g/mol. The van der Waals surface area contributed by atoms with E-state index in [1.807, 2.05) is 37.3 Å². The van der Waals surface area contributed by atoms with Crippen LogP contribution >= 0.6 is 0 Å². The SMILES string of the molecule is Cc1ccc(-c2c(CNC(=O)OC(C)(C)C)c(CC(C)C)nc(C)c2C(=O)OCc2ccc(CC(=O)OCC(=O)c3ccccc3)cc2)cc1. The van der Waals surface area contributed by atoms with Gasteiger partial charge in [-0.3, -0.25) is 14.6 Å². The van der Waals surface area contributed by atoms with Crippen molar-refractivity contribution >= 4 is 23.8 Å². The largest absolute Gasteiger partial charge is 0.457 e. The van der Waals surface area contributed by atoms with Gasteiger partial charge in [0.1, 0.15) is 12.2 Å². The molecule has 0 atom stereocenters. The molecule has 0 unspecified atom stereocenters. The predicted molar refractivity (Wildman–Crippen MR) is 192 cm³/mol. The fourth-order valence-electron chi connectivity index (χ4n) is 5.36. The molecule has 0 spiro atoms. The zero-order chi connectivity index (χ0) is 36.4. The maximum absolute atomic E-state index is 13.9. The van der Waals surface area contributed by atoms with Gasteiger partial charge in [-0.05, 0) is 63.6 Å². The fraction of sp³-hybridized carbons (Fsp3) is 0.341. The van der Waals surface area contributed by atoms with Crippen LogP contribution in [-0.2, 0) is 45.0 Å². The molecule has 1 N–H and O–H groups in total. The second-order valence-electron chi connectivity index (χ2n) is 13.7. The number of rotatable bonds is 13. The van der Waals surface area contributed by atoms with Crippen LogP contribution in [0.1, 0.15) is 89.0 Å². The van der Waals surface area contributed by atoms with Crippen molar-refractivity contribution in [2.24, 2.45) is 5.92 Å². The van der Waals surface area contributed by atoms with Gasteiger partial charge >= 0.3 is 18.0 Å². The number of aryl methyl sites for hydroxylation is 2. The Morgan fingerprint density at radius 3 is 2.08 bits per heavy atom. The number of benzene rings is 3. The molecule has 0 saturated carbocycles. The smallest absolute Gasteiger partial charge is 0.407 e. The maximum atomic E-state index is 13.9. The van der Waals surface area contributed by atoms with Crippen molar-refractivity contribution in [1.82, 2.24) is 10.3 Å². The van der Waals surface area contributed by atoms with Gasteiger partial charge in [0.25, 0.3) is 0 Å². The molecule has 0 saturated heterocycles. The topological polar surface area (TPSA) is 121 Å². The van der Waals surface area contributed by atoms with E-state index >= 15 is 0 Å². The summed E-state index contributed by atoms with van der Waals surface area (Å²) in [6, 6.07) is 23.6. The molecule has 0 radical (unpaired) electrons. The number of nitrogens with one attached hydrogen (secondary N) is 1. The summed E-state index contributed by atoms with van der Waals surface area (Å²) in [5, 5.41) is 2.87. The Balaban J connectivity index is 1.53. The summed E-state index contributed by atoms with van der Waals surface area (Å²) in [6.07, 6.45) is 0.0734. The molecule has 50 heavy (non-hydrogen) atoms. The lowest BCUT2D eigenvalue weighted by molar-refractivity contribution is -0.141. The van der Waals surface area contributed by atoms with Crippen LogP contribution in [0.4, 0.5) is 4.79 Å². The monoisotopic (exact) mass is 678 g/mol. The summed E-state index contributed by atoms with van der Waals surface area (Å²) < 4.78 is 16.5. The zero-order valence-corrected chi connectivity index (χ0v) is 29.9. The zero-order valence-electron chi connectivity index (χ0n) is 29.9. The molecular weight excluding hydrogens is 632 g/mol. The first-order chi connectivity index (χ1) is 23.7. The lowest BCUT2D eigenvalue weighted by Crippen LogP contribution is -2.32. The number of pyridine rings is 1. The Morgan fingerprint density at radius 2 is 1.46 bits per heavy atom. The van der Waals surface area contributed by atoms with Gasteiger partial charge in [-0.1, -0.05) is 98.3 Å². The summed E-state index contributed by atoms with van der Waals surface area (Å²) in [5.41, 5.74) is 6.14. The Hall–Kier alpha value is -5.31.